The lowest BCUT2D eigenvalue weighted by molar-refractivity contribution is -0.174. The van der Waals surface area contributed by atoms with Gasteiger partial charge in [0, 0.05) is 6.04 Å². The van der Waals surface area contributed by atoms with Crippen LogP contribution in [-0.2, 0) is 4.79 Å². The van der Waals surface area contributed by atoms with Crippen molar-refractivity contribution in [3.8, 4) is 0 Å². The van der Waals surface area contributed by atoms with Crippen LogP contribution in [0.1, 0.15) is 19.3 Å². The molecule has 15 heavy (non-hydrogen) atoms. The summed E-state index contributed by atoms with van der Waals surface area (Å²) in [7, 11) is 0. The maximum atomic E-state index is 12.9. The molecular weight excluding hydrogens is 214 g/mol. The number of nitrogens with one attached hydrogen (secondary N) is 1. The molecule has 1 amide bonds. The number of alkyl halides is 4. The molecule has 86 valence electrons. The van der Waals surface area contributed by atoms with E-state index in [4.69, 9.17) is 0 Å². The number of rotatable bonds is 1. The van der Waals surface area contributed by atoms with E-state index in [2.05, 4.69) is 6.58 Å². The first-order chi connectivity index (χ1) is 6.80. The molecule has 1 fully saturated rings. The van der Waals surface area contributed by atoms with E-state index in [0.29, 0.717) is 0 Å². The van der Waals surface area contributed by atoms with Gasteiger partial charge in [0.05, 0.1) is 0 Å². The van der Waals surface area contributed by atoms with E-state index in [-0.39, 0.29) is 24.8 Å². The number of carbonyl (C=O) groups is 1. The first-order valence-electron chi connectivity index (χ1n) is 4.50. The summed E-state index contributed by atoms with van der Waals surface area (Å²) in [4.78, 5) is 10.6. The van der Waals surface area contributed by atoms with Gasteiger partial charge in [0.2, 0.25) is 0 Å². The lowest BCUT2D eigenvalue weighted by Crippen LogP contribution is -2.45. The molecule has 1 aliphatic carbocycles. The highest BCUT2D eigenvalue weighted by Gasteiger charge is 2.40. The smallest absolute Gasteiger partial charge is 0.345 e. The van der Waals surface area contributed by atoms with Crippen molar-refractivity contribution >= 4 is 5.91 Å². The molecule has 6 heteroatoms. The number of halogens is 4. The van der Waals surface area contributed by atoms with Crippen molar-refractivity contribution in [2.45, 2.75) is 37.7 Å². The SMILES string of the molecule is C=C1CC(NC(=O)C(F)(F)F)CCC1F. The third-order valence-electron chi connectivity index (χ3n) is 2.31. The standard InChI is InChI=1S/C9H11F4NO/c1-5-4-6(2-3-7(5)10)14-8(15)9(11,12)13/h6-7H,1-4H2,(H,14,15). The minimum atomic E-state index is -4.88. The first-order valence-corrected chi connectivity index (χ1v) is 4.50. The van der Waals surface area contributed by atoms with Crippen LogP contribution in [0.3, 0.4) is 0 Å². The van der Waals surface area contributed by atoms with Crippen LogP contribution in [0.25, 0.3) is 0 Å². The summed E-state index contributed by atoms with van der Waals surface area (Å²) < 4.78 is 48.5. The van der Waals surface area contributed by atoms with Crippen molar-refractivity contribution in [3.63, 3.8) is 0 Å². The Hall–Kier alpha value is -1.07. The number of hydrogen-bond acceptors (Lipinski definition) is 1. The zero-order chi connectivity index (χ0) is 11.6. The molecule has 1 N–H and O–H groups in total. The lowest BCUT2D eigenvalue weighted by Gasteiger charge is -2.27. The lowest BCUT2D eigenvalue weighted by atomic mass is 9.90. The van der Waals surface area contributed by atoms with Gasteiger partial charge in [0.15, 0.2) is 0 Å². The van der Waals surface area contributed by atoms with Gasteiger partial charge < -0.3 is 5.32 Å². The summed E-state index contributed by atoms with van der Waals surface area (Å²) in [5.74, 6) is -1.97. The van der Waals surface area contributed by atoms with Gasteiger partial charge in [-0.15, -0.1) is 0 Å². The highest BCUT2D eigenvalue weighted by Crippen LogP contribution is 2.26. The average Bonchev–Trinajstić information content (AvgIpc) is 2.10. The van der Waals surface area contributed by atoms with Gasteiger partial charge in [-0.1, -0.05) is 6.58 Å². The zero-order valence-corrected chi connectivity index (χ0v) is 7.90. The molecule has 0 aromatic carbocycles. The number of hydrogen-bond donors (Lipinski definition) is 1. The summed E-state index contributed by atoms with van der Waals surface area (Å²) in [5.41, 5.74) is 0.244. The molecule has 0 saturated heterocycles. The Morgan fingerprint density at radius 3 is 2.47 bits per heavy atom. The van der Waals surface area contributed by atoms with Crippen molar-refractivity contribution in [3.05, 3.63) is 12.2 Å². The Morgan fingerprint density at radius 2 is 2.00 bits per heavy atom. The van der Waals surface area contributed by atoms with Crippen molar-refractivity contribution in [2.24, 2.45) is 0 Å². The molecule has 2 unspecified atom stereocenters. The highest BCUT2D eigenvalue weighted by atomic mass is 19.4. The molecule has 2 atom stereocenters. The largest absolute Gasteiger partial charge is 0.471 e. The first kappa shape index (κ1) is 12.0. The van der Waals surface area contributed by atoms with E-state index >= 15 is 0 Å². The Bertz CT molecular complexity index is 274. The Balaban J connectivity index is 2.47. The number of amides is 1. The Morgan fingerprint density at radius 1 is 1.40 bits per heavy atom. The van der Waals surface area contributed by atoms with Gasteiger partial charge in [0.25, 0.3) is 0 Å². The van der Waals surface area contributed by atoms with Crippen molar-refractivity contribution in [1.29, 1.82) is 0 Å². The molecule has 0 radical (unpaired) electrons. The summed E-state index contributed by atoms with van der Waals surface area (Å²) >= 11 is 0. The van der Waals surface area contributed by atoms with Crippen molar-refractivity contribution < 1.29 is 22.4 Å². The van der Waals surface area contributed by atoms with Gasteiger partial charge >= 0.3 is 12.1 Å². The van der Waals surface area contributed by atoms with Gasteiger partial charge in [-0.2, -0.15) is 13.2 Å². The molecule has 0 aromatic heterocycles. The van der Waals surface area contributed by atoms with Crippen LogP contribution in [-0.4, -0.2) is 24.3 Å². The van der Waals surface area contributed by atoms with Gasteiger partial charge in [-0.25, -0.2) is 4.39 Å². The van der Waals surface area contributed by atoms with Crippen LogP contribution < -0.4 is 5.32 Å². The van der Waals surface area contributed by atoms with Gasteiger partial charge in [-0.05, 0) is 24.8 Å². The Kier molecular flexibility index (Phi) is 3.36. The Labute approximate surface area is 84.3 Å². The molecule has 0 spiro atoms. The third-order valence-corrected chi connectivity index (χ3v) is 2.31. The zero-order valence-electron chi connectivity index (χ0n) is 7.90. The summed E-state index contributed by atoms with van der Waals surface area (Å²) in [5, 5.41) is 1.82. The van der Waals surface area contributed by atoms with E-state index in [1.54, 1.807) is 0 Å². The van der Waals surface area contributed by atoms with Gasteiger partial charge in [0.1, 0.15) is 6.17 Å². The fraction of sp³-hybridized carbons (Fsp3) is 0.667. The van der Waals surface area contributed by atoms with E-state index in [1.165, 1.54) is 0 Å². The van der Waals surface area contributed by atoms with Crippen LogP contribution in [0.4, 0.5) is 17.6 Å². The van der Waals surface area contributed by atoms with Crippen molar-refractivity contribution in [1.82, 2.24) is 5.32 Å². The molecule has 1 aliphatic rings. The second-order valence-corrected chi connectivity index (χ2v) is 3.58. The minimum Gasteiger partial charge on any atom is -0.345 e. The van der Waals surface area contributed by atoms with Gasteiger partial charge in [-0.3, -0.25) is 4.79 Å². The quantitative estimate of drug-likeness (QED) is 0.537. The van der Waals surface area contributed by atoms with E-state index in [9.17, 15) is 22.4 Å². The minimum absolute atomic E-state index is 0.0724. The third kappa shape index (κ3) is 3.21. The predicted octanol–water partition coefficient (Wildman–Crippen LogP) is 2.11. The van der Waals surface area contributed by atoms with Crippen LogP contribution in [0.15, 0.2) is 12.2 Å². The molecule has 0 aromatic rings. The van der Waals surface area contributed by atoms with Crippen molar-refractivity contribution in [2.75, 3.05) is 0 Å². The highest BCUT2D eigenvalue weighted by molar-refractivity contribution is 5.81. The summed E-state index contributed by atoms with van der Waals surface area (Å²) in [6.07, 6.45) is -5.65. The van der Waals surface area contributed by atoms with E-state index in [0.717, 1.165) is 0 Å². The molecule has 1 rings (SSSR count). The van der Waals surface area contributed by atoms with Crippen LogP contribution in [0.5, 0.6) is 0 Å². The summed E-state index contributed by atoms with van der Waals surface area (Å²) in [6.45, 7) is 3.41. The monoisotopic (exact) mass is 225 g/mol. The second-order valence-electron chi connectivity index (χ2n) is 3.58. The average molecular weight is 225 g/mol. The fourth-order valence-corrected chi connectivity index (χ4v) is 1.49. The molecule has 0 bridgehead atoms. The fourth-order valence-electron chi connectivity index (χ4n) is 1.49. The second kappa shape index (κ2) is 4.20. The topological polar surface area (TPSA) is 29.1 Å². The van der Waals surface area contributed by atoms with E-state index in [1.807, 2.05) is 5.32 Å². The van der Waals surface area contributed by atoms with Crippen LogP contribution >= 0.6 is 0 Å². The molecule has 0 aliphatic heterocycles. The molecule has 0 heterocycles. The summed E-state index contributed by atoms with van der Waals surface area (Å²) in [6, 6.07) is -0.654. The molecular formula is C9H11F4NO. The maximum absolute atomic E-state index is 12.9. The molecule has 2 nitrogen and oxygen atoms in total. The number of carbonyl (C=O) groups excluding carboxylic acids is 1. The van der Waals surface area contributed by atoms with E-state index < -0.39 is 24.3 Å². The van der Waals surface area contributed by atoms with Crippen LogP contribution in [0, 0.1) is 0 Å². The predicted molar refractivity (Wildman–Crippen MR) is 45.9 cm³/mol. The maximum Gasteiger partial charge on any atom is 0.471 e. The molecule has 1 saturated carbocycles. The van der Waals surface area contributed by atoms with Crippen LogP contribution in [0.2, 0.25) is 0 Å². The normalized spacial score (nSPS) is 27.6.